The predicted octanol–water partition coefficient (Wildman–Crippen LogP) is 5.08. The van der Waals surface area contributed by atoms with Gasteiger partial charge in [0.25, 0.3) is 0 Å². The minimum atomic E-state index is -0.594. The Balaban J connectivity index is 1.11. The largest absolute Gasteiger partial charge is 0.454 e. The molecule has 1 aromatic carbocycles. The van der Waals surface area contributed by atoms with Crippen molar-refractivity contribution in [3.8, 4) is 11.5 Å². The normalized spacial score (nSPS) is 18.9. The van der Waals surface area contributed by atoms with E-state index in [2.05, 4.69) is 30.5 Å². The predicted molar refractivity (Wildman–Crippen MR) is 164 cm³/mol. The third-order valence-corrected chi connectivity index (χ3v) is 9.98. The minimum Gasteiger partial charge on any atom is -0.454 e. The Morgan fingerprint density at radius 1 is 1.12 bits per heavy atom. The second-order valence-corrected chi connectivity index (χ2v) is 14.0. The molecule has 43 heavy (non-hydrogen) atoms. The third kappa shape index (κ3) is 6.35. The second kappa shape index (κ2) is 12.0. The summed E-state index contributed by atoms with van der Waals surface area (Å²) in [7, 11) is 0. The fraction of sp³-hybridized carbons (Fsp3) is 0.552. The highest BCUT2D eigenvalue weighted by atomic mass is 79.9. The van der Waals surface area contributed by atoms with E-state index in [-0.39, 0.29) is 12.7 Å². The molecular weight excluding hydrogens is 638 g/mol. The van der Waals surface area contributed by atoms with Crippen molar-refractivity contribution in [1.82, 2.24) is 29.3 Å². The molecule has 2 amide bonds. The van der Waals surface area contributed by atoms with Gasteiger partial charge in [0, 0.05) is 35.5 Å². The van der Waals surface area contributed by atoms with E-state index in [0.29, 0.717) is 67.0 Å². The van der Waals surface area contributed by atoms with Crippen molar-refractivity contribution in [3.05, 3.63) is 22.9 Å². The Labute approximate surface area is 262 Å². The number of aromatic nitrogens is 4. The van der Waals surface area contributed by atoms with Gasteiger partial charge in [-0.05, 0) is 86.9 Å². The van der Waals surface area contributed by atoms with Crippen molar-refractivity contribution in [2.24, 2.45) is 5.92 Å². The molecule has 3 aromatic rings. The highest BCUT2D eigenvalue weighted by molar-refractivity contribution is 9.10. The lowest BCUT2D eigenvalue weighted by Gasteiger charge is -2.36. The Morgan fingerprint density at radius 3 is 2.60 bits per heavy atom. The smallest absolute Gasteiger partial charge is 0.410 e. The molecule has 2 N–H and O–H groups in total. The van der Waals surface area contributed by atoms with Crippen LogP contribution in [0.2, 0.25) is 0 Å². The van der Waals surface area contributed by atoms with E-state index in [1.807, 2.05) is 37.8 Å². The van der Waals surface area contributed by atoms with E-state index < -0.39 is 17.7 Å². The number of aryl methyl sites for hydroxylation is 1. The number of fused-ring (bicyclic) bond motifs is 2. The lowest BCUT2D eigenvalue weighted by Crippen LogP contribution is -2.50. The van der Waals surface area contributed by atoms with Gasteiger partial charge in [-0.25, -0.2) is 19.7 Å². The van der Waals surface area contributed by atoms with Crippen LogP contribution in [-0.2, 0) is 16.1 Å². The number of likely N-dealkylation sites (tertiary alicyclic amines) is 2. The molecule has 12 nitrogen and oxygen atoms in total. The molecule has 3 aliphatic heterocycles. The standard InChI is InChI=1S/C29H36BrN7O5S/c1-29(2,3)42-28(39)36-9-4-5-19(36)26(38)35-10-6-17(7-11-35)8-12-37-25-23(24(31)32-15-33-25)34-27(37)43-22-14-21-20(13-18(22)30)40-16-41-21/h13-15,17,19H,4-12,16H2,1-3H3,(H2,31,32,33). The molecule has 14 heteroatoms. The molecular formula is C29H36BrN7O5S. The van der Waals surface area contributed by atoms with Crippen LogP contribution in [-0.4, -0.2) is 79.4 Å². The monoisotopic (exact) mass is 673 g/mol. The van der Waals surface area contributed by atoms with Gasteiger partial charge >= 0.3 is 6.09 Å². The van der Waals surface area contributed by atoms with Crippen LogP contribution in [0.5, 0.6) is 11.5 Å². The molecule has 0 aliphatic carbocycles. The summed E-state index contributed by atoms with van der Waals surface area (Å²) in [5.74, 6) is 2.20. The van der Waals surface area contributed by atoms with Gasteiger partial charge in [-0.3, -0.25) is 9.69 Å². The molecule has 5 heterocycles. The van der Waals surface area contributed by atoms with Gasteiger partial charge in [0.15, 0.2) is 33.6 Å². The Hall–Kier alpha value is -3.26. The van der Waals surface area contributed by atoms with Crippen LogP contribution in [0.15, 0.2) is 33.0 Å². The first-order valence-corrected chi connectivity index (χ1v) is 16.2. The van der Waals surface area contributed by atoms with Gasteiger partial charge in [0.2, 0.25) is 12.7 Å². The van der Waals surface area contributed by atoms with Crippen LogP contribution in [0.4, 0.5) is 10.6 Å². The number of ether oxygens (including phenoxy) is 3. The molecule has 0 radical (unpaired) electrons. The van der Waals surface area contributed by atoms with Gasteiger partial charge < -0.3 is 29.4 Å². The average molecular weight is 675 g/mol. The van der Waals surface area contributed by atoms with Gasteiger partial charge in [0.1, 0.15) is 18.0 Å². The van der Waals surface area contributed by atoms with E-state index in [1.54, 1.807) is 4.90 Å². The molecule has 1 atom stereocenters. The molecule has 0 bridgehead atoms. The number of carbonyl (C=O) groups excluding carboxylic acids is 2. The maximum atomic E-state index is 13.4. The number of amides is 2. The van der Waals surface area contributed by atoms with E-state index in [4.69, 9.17) is 24.9 Å². The lowest BCUT2D eigenvalue weighted by atomic mass is 9.93. The highest BCUT2D eigenvalue weighted by Gasteiger charge is 2.39. The number of benzene rings is 1. The molecule has 2 fully saturated rings. The second-order valence-electron chi connectivity index (χ2n) is 12.1. The van der Waals surface area contributed by atoms with Crippen LogP contribution >= 0.6 is 27.7 Å². The number of nitrogen functional groups attached to an aromatic ring is 1. The van der Waals surface area contributed by atoms with Crippen molar-refractivity contribution >= 4 is 56.7 Å². The molecule has 2 saturated heterocycles. The summed E-state index contributed by atoms with van der Waals surface area (Å²) < 4.78 is 19.6. The zero-order valence-electron chi connectivity index (χ0n) is 24.5. The van der Waals surface area contributed by atoms with Crippen molar-refractivity contribution in [1.29, 1.82) is 0 Å². The first-order chi connectivity index (χ1) is 20.6. The van der Waals surface area contributed by atoms with E-state index >= 15 is 0 Å². The summed E-state index contributed by atoms with van der Waals surface area (Å²) in [5, 5.41) is 0.762. The fourth-order valence-corrected chi connectivity index (χ4v) is 7.32. The highest BCUT2D eigenvalue weighted by Crippen LogP contribution is 2.43. The average Bonchev–Trinajstić information content (AvgIpc) is 3.70. The Morgan fingerprint density at radius 2 is 1.86 bits per heavy atom. The van der Waals surface area contributed by atoms with Crippen molar-refractivity contribution in [2.45, 2.75) is 81.1 Å². The molecule has 2 aromatic heterocycles. The number of hydrogen-bond acceptors (Lipinski definition) is 10. The molecule has 230 valence electrons. The van der Waals surface area contributed by atoms with Gasteiger partial charge in [-0.2, -0.15) is 0 Å². The molecule has 0 spiro atoms. The first-order valence-electron chi connectivity index (χ1n) is 14.6. The summed E-state index contributed by atoms with van der Waals surface area (Å²) in [5.41, 5.74) is 6.86. The third-order valence-electron chi connectivity index (χ3n) is 8.01. The summed E-state index contributed by atoms with van der Waals surface area (Å²) in [6.07, 6.45) is 5.24. The van der Waals surface area contributed by atoms with Gasteiger partial charge in [0.05, 0.1) is 0 Å². The quantitative estimate of drug-likeness (QED) is 0.377. The van der Waals surface area contributed by atoms with Crippen molar-refractivity contribution in [3.63, 3.8) is 0 Å². The summed E-state index contributed by atoms with van der Waals surface area (Å²) in [6, 6.07) is 3.40. The van der Waals surface area contributed by atoms with Crippen LogP contribution in [0, 0.1) is 5.92 Å². The topological polar surface area (TPSA) is 138 Å². The molecule has 6 rings (SSSR count). The number of nitrogens with two attached hydrogens (primary N) is 1. The summed E-state index contributed by atoms with van der Waals surface area (Å²) in [4.78, 5) is 44.1. The zero-order chi connectivity index (χ0) is 30.3. The first kappa shape index (κ1) is 29.8. The van der Waals surface area contributed by atoms with Crippen molar-refractivity contribution in [2.75, 3.05) is 32.2 Å². The fourth-order valence-electron chi connectivity index (χ4n) is 5.82. The van der Waals surface area contributed by atoms with Gasteiger partial charge in [-0.15, -0.1) is 0 Å². The minimum absolute atomic E-state index is 0.0302. The van der Waals surface area contributed by atoms with Crippen LogP contribution in [0.25, 0.3) is 11.2 Å². The number of imidazole rings is 1. The molecule has 0 saturated carbocycles. The van der Waals surface area contributed by atoms with Crippen molar-refractivity contribution < 1.29 is 23.8 Å². The lowest BCUT2D eigenvalue weighted by molar-refractivity contribution is -0.137. The van der Waals surface area contributed by atoms with Crippen LogP contribution in [0.1, 0.15) is 52.9 Å². The maximum Gasteiger partial charge on any atom is 0.410 e. The van der Waals surface area contributed by atoms with Crippen LogP contribution in [0.3, 0.4) is 0 Å². The number of hydrogen-bond donors (Lipinski definition) is 1. The molecule has 3 aliphatic rings. The number of halogens is 1. The summed E-state index contributed by atoms with van der Waals surface area (Å²) in [6.45, 7) is 8.33. The molecule has 1 unspecified atom stereocenters. The number of carbonyl (C=O) groups is 2. The summed E-state index contributed by atoms with van der Waals surface area (Å²) >= 11 is 5.15. The number of piperidine rings is 1. The SMILES string of the molecule is CC(C)(C)OC(=O)N1CCCC1C(=O)N1CCC(CCn2c(Sc3cc4c(cc3Br)OCO4)nc3c(N)ncnc32)CC1. The zero-order valence-corrected chi connectivity index (χ0v) is 26.9. The number of rotatable bonds is 6. The number of anilines is 1. The van der Waals surface area contributed by atoms with Crippen LogP contribution < -0.4 is 15.2 Å². The Bertz CT molecular complexity index is 1540. The Kier molecular flexibility index (Phi) is 8.33. The van der Waals surface area contributed by atoms with E-state index in [1.165, 1.54) is 18.1 Å². The maximum absolute atomic E-state index is 13.4. The van der Waals surface area contributed by atoms with Gasteiger partial charge in [-0.1, -0.05) is 11.8 Å². The van der Waals surface area contributed by atoms with E-state index in [0.717, 1.165) is 40.2 Å². The number of nitrogens with zero attached hydrogens (tertiary/aromatic N) is 6. The van der Waals surface area contributed by atoms with E-state index in [9.17, 15) is 9.59 Å².